The molecule has 0 amide bonds. The number of aromatic nitrogens is 2. The molecule has 0 saturated carbocycles. The van der Waals surface area contributed by atoms with Gasteiger partial charge >= 0.3 is 6.18 Å². The Morgan fingerprint density at radius 3 is 2.93 bits per heavy atom. The van der Waals surface area contributed by atoms with Gasteiger partial charge in [0.2, 0.25) is 0 Å². The maximum atomic E-state index is 12.4. The molecule has 1 atom stereocenters. The summed E-state index contributed by atoms with van der Waals surface area (Å²) in [5.74, 6) is 0. The number of nitrogens with zero attached hydrogens (tertiary/aromatic N) is 2. The molecule has 1 unspecified atom stereocenters. The first-order valence-electron chi connectivity index (χ1n) is 4.27. The molecule has 0 radical (unpaired) electrons. The van der Waals surface area contributed by atoms with Crippen molar-refractivity contribution in [1.82, 2.24) is 14.9 Å². The predicted octanol–water partition coefficient (Wildman–Crippen LogP) is 0.997. The Bertz CT molecular complexity index is 342. The van der Waals surface area contributed by atoms with Crippen LogP contribution in [0.25, 0.3) is 0 Å². The number of nitrogens with one attached hydrogen (secondary N) is 1. The molecule has 1 N–H and O–H groups in total. The van der Waals surface area contributed by atoms with Crippen molar-refractivity contribution in [2.75, 3.05) is 0 Å². The number of imidazole rings is 1. The second-order valence-corrected chi connectivity index (χ2v) is 3.43. The molecule has 0 fully saturated rings. The van der Waals surface area contributed by atoms with E-state index in [1.165, 1.54) is 0 Å². The Hall–Kier alpha value is -1.04. The van der Waals surface area contributed by atoms with Gasteiger partial charge in [0.05, 0.1) is 12.0 Å². The minimum atomic E-state index is -4.18. The lowest BCUT2D eigenvalue weighted by atomic mass is 10.1. The van der Waals surface area contributed by atoms with Gasteiger partial charge in [-0.25, -0.2) is 4.98 Å². The molecule has 3 nitrogen and oxygen atoms in total. The Balaban J connectivity index is 2.24. The number of hydrogen-bond acceptors (Lipinski definition) is 2. The van der Waals surface area contributed by atoms with Crippen molar-refractivity contribution in [3.63, 3.8) is 0 Å². The zero-order valence-electron chi connectivity index (χ0n) is 7.60. The van der Waals surface area contributed by atoms with E-state index in [4.69, 9.17) is 0 Å². The Labute approximate surface area is 78.9 Å². The van der Waals surface area contributed by atoms with E-state index in [9.17, 15) is 13.2 Å². The average molecular weight is 205 g/mol. The Morgan fingerprint density at radius 2 is 2.29 bits per heavy atom. The monoisotopic (exact) mass is 205 g/mol. The first-order valence-corrected chi connectivity index (χ1v) is 4.27. The van der Waals surface area contributed by atoms with Crippen LogP contribution in [0.3, 0.4) is 0 Å². The zero-order chi connectivity index (χ0) is 10.3. The standard InChI is InChI=1S/C8H10F3N3/c1-14-4-13-5-3-12-7(2-6(5)14)8(9,10)11/h4,7,12H,2-3H2,1H3. The van der Waals surface area contributed by atoms with E-state index < -0.39 is 12.2 Å². The summed E-state index contributed by atoms with van der Waals surface area (Å²) >= 11 is 0. The van der Waals surface area contributed by atoms with Crippen molar-refractivity contribution in [1.29, 1.82) is 0 Å². The van der Waals surface area contributed by atoms with Gasteiger partial charge in [0.15, 0.2) is 0 Å². The summed E-state index contributed by atoms with van der Waals surface area (Å²) in [5.41, 5.74) is 1.39. The van der Waals surface area contributed by atoms with E-state index in [1.807, 2.05) is 0 Å². The van der Waals surface area contributed by atoms with Crippen molar-refractivity contribution in [3.05, 3.63) is 17.7 Å². The second-order valence-electron chi connectivity index (χ2n) is 3.43. The molecule has 78 valence electrons. The molecule has 2 heterocycles. The van der Waals surface area contributed by atoms with Crippen molar-refractivity contribution in [2.45, 2.75) is 25.2 Å². The number of alkyl halides is 3. The molecule has 1 aliphatic rings. The number of aryl methyl sites for hydroxylation is 1. The van der Waals surface area contributed by atoms with Crippen LogP contribution in [-0.2, 0) is 20.0 Å². The molecule has 0 spiro atoms. The first-order chi connectivity index (χ1) is 6.48. The third-order valence-corrected chi connectivity index (χ3v) is 2.45. The molecule has 0 aliphatic carbocycles. The highest BCUT2D eigenvalue weighted by Gasteiger charge is 2.42. The average Bonchev–Trinajstić information content (AvgIpc) is 2.46. The topological polar surface area (TPSA) is 29.9 Å². The van der Waals surface area contributed by atoms with Gasteiger partial charge in [-0.1, -0.05) is 0 Å². The molecular weight excluding hydrogens is 195 g/mol. The second kappa shape index (κ2) is 2.98. The molecule has 1 aliphatic heterocycles. The van der Waals surface area contributed by atoms with Crippen LogP contribution in [-0.4, -0.2) is 21.8 Å². The highest BCUT2D eigenvalue weighted by atomic mass is 19.4. The third kappa shape index (κ3) is 1.50. The Morgan fingerprint density at radius 1 is 1.57 bits per heavy atom. The summed E-state index contributed by atoms with van der Waals surface area (Å²) < 4.78 is 38.8. The van der Waals surface area contributed by atoms with E-state index >= 15 is 0 Å². The number of fused-ring (bicyclic) bond motifs is 1. The summed E-state index contributed by atoms with van der Waals surface area (Å²) in [6.45, 7) is 0.195. The number of rotatable bonds is 0. The highest BCUT2D eigenvalue weighted by Crippen LogP contribution is 2.26. The fourth-order valence-corrected chi connectivity index (χ4v) is 1.63. The van der Waals surface area contributed by atoms with Crippen LogP contribution >= 0.6 is 0 Å². The summed E-state index contributed by atoms with van der Waals surface area (Å²) in [7, 11) is 1.71. The van der Waals surface area contributed by atoms with Gasteiger partial charge in [0, 0.05) is 25.7 Å². The molecule has 2 rings (SSSR count). The molecule has 1 aromatic heterocycles. The van der Waals surface area contributed by atoms with Crippen LogP contribution < -0.4 is 5.32 Å². The normalized spacial score (nSPS) is 22.1. The van der Waals surface area contributed by atoms with Crippen LogP contribution in [0.4, 0.5) is 13.2 Å². The summed E-state index contributed by atoms with van der Waals surface area (Å²) in [6.07, 6.45) is -2.66. The van der Waals surface area contributed by atoms with Gasteiger partial charge in [-0.15, -0.1) is 0 Å². The molecule has 0 bridgehead atoms. The molecule has 0 saturated heterocycles. The van der Waals surface area contributed by atoms with Crippen molar-refractivity contribution in [3.8, 4) is 0 Å². The van der Waals surface area contributed by atoms with Crippen LogP contribution in [0.1, 0.15) is 11.4 Å². The van der Waals surface area contributed by atoms with Gasteiger partial charge in [0.1, 0.15) is 6.04 Å². The fraction of sp³-hybridized carbons (Fsp3) is 0.625. The zero-order valence-corrected chi connectivity index (χ0v) is 7.60. The largest absolute Gasteiger partial charge is 0.404 e. The van der Waals surface area contributed by atoms with Crippen LogP contribution in [0.5, 0.6) is 0 Å². The van der Waals surface area contributed by atoms with Gasteiger partial charge in [0.25, 0.3) is 0 Å². The highest BCUT2D eigenvalue weighted by molar-refractivity contribution is 5.18. The Kier molecular flexibility index (Phi) is 2.02. The summed E-state index contributed by atoms with van der Waals surface area (Å²) in [6, 6.07) is -1.44. The van der Waals surface area contributed by atoms with Crippen molar-refractivity contribution in [2.24, 2.45) is 7.05 Å². The van der Waals surface area contributed by atoms with E-state index in [0.29, 0.717) is 11.4 Å². The van der Waals surface area contributed by atoms with Crippen LogP contribution in [0.2, 0.25) is 0 Å². The SMILES string of the molecule is Cn1cnc2c1CC(C(F)(F)F)NC2. The predicted molar refractivity (Wildman–Crippen MR) is 43.6 cm³/mol. The fourth-order valence-electron chi connectivity index (χ4n) is 1.63. The van der Waals surface area contributed by atoms with Gasteiger partial charge in [-0.2, -0.15) is 13.2 Å². The quantitative estimate of drug-likeness (QED) is 0.684. The van der Waals surface area contributed by atoms with Gasteiger partial charge in [-0.3, -0.25) is 0 Å². The van der Waals surface area contributed by atoms with E-state index in [-0.39, 0.29) is 13.0 Å². The van der Waals surface area contributed by atoms with Gasteiger partial charge in [-0.05, 0) is 0 Å². The maximum absolute atomic E-state index is 12.4. The smallest absolute Gasteiger partial charge is 0.337 e. The first kappa shape index (κ1) is 9.51. The summed E-state index contributed by atoms with van der Waals surface area (Å²) in [5, 5.41) is 2.43. The van der Waals surface area contributed by atoms with Crippen LogP contribution in [0, 0.1) is 0 Å². The maximum Gasteiger partial charge on any atom is 0.404 e. The summed E-state index contributed by atoms with van der Waals surface area (Å²) in [4.78, 5) is 4.01. The van der Waals surface area contributed by atoms with Crippen LogP contribution in [0.15, 0.2) is 6.33 Å². The lowest BCUT2D eigenvalue weighted by Crippen LogP contribution is -2.46. The lowest BCUT2D eigenvalue weighted by Gasteiger charge is -2.25. The van der Waals surface area contributed by atoms with E-state index in [1.54, 1.807) is 17.9 Å². The van der Waals surface area contributed by atoms with Gasteiger partial charge < -0.3 is 9.88 Å². The number of hydrogen-bond donors (Lipinski definition) is 1. The minimum Gasteiger partial charge on any atom is -0.337 e. The molecule has 0 aromatic carbocycles. The third-order valence-electron chi connectivity index (χ3n) is 2.45. The molecular formula is C8H10F3N3. The van der Waals surface area contributed by atoms with Crippen molar-refractivity contribution < 1.29 is 13.2 Å². The number of halogens is 3. The molecule has 1 aromatic rings. The van der Waals surface area contributed by atoms with E-state index in [0.717, 1.165) is 0 Å². The molecule has 14 heavy (non-hydrogen) atoms. The minimum absolute atomic E-state index is 0.0324. The van der Waals surface area contributed by atoms with E-state index in [2.05, 4.69) is 10.3 Å². The molecule has 6 heteroatoms. The van der Waals surface area contributed by atoms with Crippen molar-refractivity contribution >= 4 is 0 Å². The lowest BCUT2D eigenvalue weighted by molar-refractivity contribution is -0.157.